The van der Waals surface area contributed by atoms with E-state index in [1.807, 2.05) is 36.7 Å². The van der Waals surface area contributed by atoms with E-state index >= 15 is 0 Å². The van der Waals surface area contributed by atoms with Gasteiger partial charge in [0.15, 0.2) is 0 Å². The Morgan fingerprint density at radius 2 is 1.78 bits per heavy atom. The summed E-state index contributed by atoms with van der Waals surface area (Å²) in [6.07, 6.45) is 3.64. The van der Waals surface area contributed by atoms with Crippen LogP contribution in [0.4, 0.5) is 0 Å². The number of aromatic nitrogens is 1. The van der Waals surface area contributed by atoms with Crippen molar-refractivity contribution in [1.82, 2.24) is 4.98 Å². The number of benzene rings is 1. The van der Waals surface area contributed by atoms with E-state index in [1.54, 1.807) is 0 Å². The summed E-state index contributed by atoms with van der Waals surface area (Å²) in [6.45, 7) is 2.18. The largest absolute Gasteiger partial charge is 0.265 e. The maximum Gasteiger partial charge on any atom is 0.0462 e. The van der Waals surface area contributed by atoms with Crippen molar-refractivity contribution in [1.29, 1.82) is 0 Å². The highest BCUT2D eigenvalue weighted by atomic mass is 79.9. The van der Waals surface area contributed by atoms with Crippen molar-refractivity contribution in [2.24, 2.45) is 0 Å². The second kappa shape index (κ2) is 6.18. The predicted molar refractivity (Wildman–Crippen MR) is 83.5 cm³/mol. The van der Waals surface area contributed by atoms with Crippen molar-refractivity contribution < 1.29 is 0 Å². The minimum absolute atomic E-state index is 0.217. The third-order valence-corrected chi connectivity index (χ3v) is 4.87. The van der Waals surface area contributed by atoms with Gasteiger partial charge in [-0.2, -0.15) is 0 Å². The van der Waals surface area contributed by atoms with Crippen LogP contribution in [0.3, 0.4) is 0 Å². The minimum atomic E-state index is 0.217. The standard InChI is InChI=1S/C14H12Br2ClN/c1-9(10-2-4-18-5-3-10)14(16)11-6-12(15)8-13(17)7-11/h2-9,14H,1H3. The highest BCUT2D eigenvalue weighted by molar-refractivity contribution is 9.10. The predicted octanol–water partition coefficient (Wildman–Crippen LogP) is 5.74. The van der Waals surface area contributed by atoms with Crippen LogP contribution in [0.15, 0.2) is 47.2 Å². The molecule has 2 aromatic rings. The quantitative estimate of drug-likeness (QED) is 0.610. The van der Waals surface area contributed by atoms with Gasteiger partial charge in [-0.15, -0.1) is 0 Å². The van der Waals surface area contributed by atoms with Crippen LogP contribution < -0.4 is 0 Å². The summed E-state index contributed by atoms with van der Waals surface area (Å²) >= 11 is 13.3. The molecule has 0 saturated heterocycles. The van der Waals surface area contributed by atoms with E-state index in [-0.39, 0.29) is 4.83 Å². The number of halogens is 3. The summed E-state index contributed by atoms with van der Waals surface area (Å²) in [7, 11) is 0. The first kappa shape index (κ1) is 14.0. The van der Waals surface area contributed by atoms with Crippen LogP contribution in [0.25, 0.3) is 0 Å². The van der Waals surface area contributed by atoms with E-state index in [0.717, 1.165) is 9.50 Å². The lowest BCUT2D eigenvalue weighted by atomic mass is 9.94. The van der Waals surface area contributed by atoms with Gasteiger partial charge in [-0.25, -0.2) is 0 Å². The molecule has 1 nitrogen and oxygen atoms in total. The summed E-state index contributed by atoms with van der Waals surface area (Å²) in [5.74, 6) is 0.346. The number of hydrogen-bond donors (Lipinski definition) is 0. The fourth-order valence-electron chi connectivity index (χ4n) is 1.86. The van der Waals surface area contributed by atoms with Gasteiger partial charge >= 0.3 is 0 Å². The Morgan fingerprint density at radius 3 is 2.39 bits per heavy atom. The lowest BCUT2D eigenvalue weighted by molar-refractivity contribution is 0.750. The van der Waals surface area contributed by atoms with Gasteiger partial charge in [-0.1, -0.05) is 50.4 Å². The first-order valence-electron chi connectivity index (χ1n) is 5.58. The molecule has 2 rings (SSSR count). The SMILES string of the molecule is CC(c1ccncc1)C(Br)c1cc(Cl)cc(Br)c1. The summed E-state index contributed by atoms with van der Waals surface area (Å²) in [5, 5.41) is 0.741. The van der Waals surface area contributed by atoms with Crippen LogP contribution in [0.5, 0.6) is 0 Å². The smallest absolute Gasteiger partial charge is 0.0462 e. The first-order valence-corrected chi connectivity index (χ1v) is 7.66. The Balaban J connectivity index is 2.28. The topological polar surface area (TPSA) is 12.9 Å². The molecule has 0 amide bonds. The highest BCUT2D eigenvalue weighted by Crippen LogP contribution is 2.39. The molecule has 4 heteroatoms. The molecular formula is C14H12Br2ClN. The van der Waals surface area contributed by atoms with Gasteiger partial charge < -0.3 is 0 Å². The molecule has 2 atom stereocenters. The molecule has 1 aromatic heterocycles. The molecule has 0 aliphatic heterocycles. The van der Waals surface area contributed by atoms with Gasteiger partial charge in [0.2, 0.25) is 0 Å². The van der Waals surface area contributed by atoms with E-state index in [9.17, 15) is 0 Å². The molecule has 1 heterocycles. The van der Waals surface area contributed by atoms with Crippen LogP contribution in [-0.4, -0.2) is 4.98 Å². The van der Waals surface area contributed by atoms with Crippen LogP contribution in [0, 0.1) is 0 Å². The second-order valence-corrected chi connectivity index (χ2v) is 6.51. The van der Waals surface area contributed by atoms with Gasteiger partial charge in [-0.05, 0) is 47.4 Å². The average Bonchev–Trinajstić information content (AvgIpc) is 2.37. The summed E-state index contributed by atoms with van der Waals surface area (Å²) < 4.78 is 0.997. The van der Waals surface area contributed by atoms with Gasteiger partial charge in [0.05, 0.1) is 0 Å². The van der Waals surface area contributed by atoms with E-state index in [1.165, 1.54) is 11.1 Å². The monoisotopic (exact) mass is 387 g/mol. The zero-order chi connectivity index (χ0) is 13.1. The fourth-order valence-corrected chi connectivity index (χ4v) is 3.31. The lowest BCUT2D eigenvalue weighted by Crippen LogP contribution is -2.02. The Labute approximate surface area is 129 Å². The minimum Gasteiger partial charge on any atom is -0.265 e. The van der Waals surface area contributed by atoms with Crippen molar-refractivity contribution in [3.05, 3.63) is 63.3 Å². The Hall–Kier alpha value is -0.380. The van der Waals surface area contributed by atoms with Gasteiger partial charge in [0, 0.05) is 26.7 Å². The summed E-state index contributed by atoms with van der Waals surface area (Å²) in [4.78, 5) is 4.26. The maximum absolute atomic E-state index is 6.08. The van der Waals surface area contributed by atoms with Gasteiger partial charge in [-0.3, -0.25) is 4.98 Å². The normalized spacial score (nSPS) is 14.2. The highest BCUT2D eigenvalue weighted by Gasteiger charge is 2.18. The molecule has 0 saturated carbocycles. The van der Waals surface area contributed by atoms with Crippen molar-refractivity contribution in [2.45, 2.75) is 17.7 Å². The zero-order valence-corrected chi connectivity index (χ0v) is 13.7. The Kier molecular flexibility index (Phi) is 4.82. The van der Waals surface area contributed by atoms with Crippen LogP contribution in [0.1, 0.15) is 28.8 Å². The second-order valence-electron chi connectivity index (χ2n) is 4.17. The number of hydrogen-bond acceptors (Lipinski definition) is 1. The van der Waals surface area contributed by atoms with Crippen molar-refractivity contribution in [3.63, 3.8) is 0 Å². The molecule has 0 bridgehead atoms. The van der Waals surface area contributed by atoms with E-state index in [0.29, 0.717) is 5.92 Å². The van der Waals surface area contributed by atoms with E-state index in [2.05, 4.69) is 49.8 Å². The summed E-state index contributed by atoms with van der Waals surface area (Å²) in [6, 6.07) is 10.0. The molecule has 0 fully saturated rings. The molecule has 0 spiro atoms. The first-order chi connectivity index (χ1) is 8.58. The molecule has 94 valence electrons. The van der Waals surface area contributed by atoms with E-state index in [4.69, 9.17) is 11.6 Å². The molecule has 2 unspecified atom stereocenters. The maximum atomic E-state index is 6.08. The summed E-state index contributed by atoms with van der Waals surface area (Å²) in [5.41, 5.74) is 2.42. The molecule has 18 heavy (non-hydrogen) atoms. The number of alkyl halides is 1. The Morgan fingerprint density at radius 1 is 1.11 bits per heavy atom. The average molecular weight is 390 g/mol. The lowest BCUT2D eigenvalue weighted by Gasteiger charge is -2.19. The van der Waals surface area contributed by atoms with E-state index < -0.39 is 0 Å². The molecule has 1 aromatic carbocycles. The van der Waals surface area contributed by atoms with Crippen LogP contribution >= 0.6 is 43.5 Å². The number of nitrogens with zero attached hydrogens (tertiary/aromatic N) is 1. The molecule has 0 aliphatic carbocycles. The number of pyridine rings is 1. The van der Waals surface area contributed by atoms with Crippen molar-refractivity contribution in [2.75, 3.05) is 0 Å². The molecule has 0 radical (unpaired) electrons. The van der Waals surface area contributed by atoms with Crippen LogP contribution in [-0.2, 0) is 0 Å². The Bertz CT molecular complexity index is 510. The molecule has 0 N–H and O–H groups in total. The van der Waals surface area contributed by atoms with Gasteiger partial charge in [0.1, 0.15) is 0 Å². The van der Waals surface area contributed by atoms with Crippen molar-refractivity contribution >= 4 is 43.5 Å². The van der Waals surface area contributed by atoms with Gasteiger partial charge in [0.25, 0.3) is 0 Å². The molecular weight excluding hydrogens is 377 g/mol. The number of rotatable bonds is 3. The van der Waals surface area contributed by atoms with Crippen LogP contribution in [0.2, 0.25) is 5.02 Å². The third kappa shape index (κ3) is 3.34. The van der Waals surface area contributed by atoms with Crippen molar-refractivity contribution in [3.8, 4) is 0 Å². The zero-order valence-electron chi connectivity index (χ0n) is 9.78. The third-order valence-electron chi connectivity index (χ3n) is 2.87. The fraction of sp³-hybridized carbons (Fsp3) is 0.214. The molecule has 0 aliphatic rings.